The average molecular weight is 411 g/mol. The molecule has 1 amide bonds. The summed E-state index contributed by atoms with van der Waals surface area (Å²) in [5.41, 5.74) is 5.89. The van der Waals surface area contributed by atoms with Crippen molar-refractivity contribution in [3.63, 3.8) is 0 Å². The molecule has 2 aliphatic rings. The van der Waals surface area contributed by atoms with Crippen LogP contribution in [0.1, 0.15) is 79.1 Å². The third-order valence-electron chi connectivity index (χ3n) is 6.71. The lowest BCUT2D eigenvalue weighted by Gasteiger charge is -2.33. The number of carbonyl (C=O) groups excluding carboxylic acids is 1. The van der Waals surface area contributed by atoms with Crippen molar-refractivity contribution in [2.24, 2.45) is 0 Å². The normalized spacial score (nSPS) is 20.2. The molecule has 1 atom stereocenters. The Balaban J connectivity index is 1.55. The molecular weight excluding hydrogens is 376 g/mol. The van der Waals surface area contributed by atoms with Crippen LogP contribution >= 0.6 is 0 Å². The van der Waals surface area contributed by atoms with Crippen molar-refractivity contribution in [1.82, 2.24) is 24.6 Å². The smallest absolute Gasteiger partial charge is 0.228 e. The van der Waals surface area contributed by atoms with Crippen molar-refractivity contribution in [3.05, 3.63) is 34.0 Å². The number of hydrogen-bond donors (Lipinski definition) is 0. The van der Waals surface area contributed by atoms with E-state index in [-0.39, 0.29) is 5.91 Å². The van der Waals surface area contributed by atoms with E-state index in [1.807, 2.05) is 7.05 Å². The van der Waals surface area contributed by atoms with Gasteiger partial charge in [-0.15, -0.1) is 0 Å². The number of aryl methyl sites for hydroxylation is 2. The van der Waals surface area contributed by atoms with E-state index in [2.05, 4.69) is 44.2 Å². The van der Waals surface area contributed by atoms with Crippen LogP contribution in [0.25, 0.3) is 0 Å². The first-order valence-electron chi connectivity index (χ1n) is 11.2. The molecular formula is C23H34N6O. The number of aromatic nitrogens is 4. The second kappa shape index (κ2) is 8.10. The van der Waals surface area contributed by atoms with Gasteiger partial charge in [0.1, 0.15) is 11.6 Å². The number of nitrogens with zero attached hydrogens (tertiary/aromatic N) is 6. The summed E-state index contributed by atoms with van der Waals surface area (Å²) in [4.78, 5) is 26.2. The number of carbonyl (C=O) groups is 1. The lowest BCUT2D eigenvalue weighted by atomic mass is 9.95. The molecule has 1 saturated heterocycles. The molecule has 0 aliphatic carbocycles. The monoisotopic (exact) mass is 410 g/mol. The van der Waals surface area contributed by atoms with E-state index < -0.39 is 0 Å². The van der Waals surface area contributed by atoms with Gasteiger partial charge in [-0.25, -0.2) is 9.97 Å². The molecule has 2 aromatic heterocycles. The summed E-state index contributed by atoms with van der Waals surface area (Å²) in [6, 6.07) is 0.373. The third-order valence-corrected chi connectivity index (χ3v) is 6.71. The Morgan fingerprint density at radius 1 is 1.10 bits per heavy atom. The summed E-state index contributed by atoms with van der Waals surface area (Å²) in [5.74, 6) is 2.15. The van der Waals surface area contributed by atoms with Gasteiger partial charge in [0.05, 0.1) is 5.69 Å². The zero-order valence-corrected chi connectivity index (χ0v) is 19.2. The van der Waals surface area contributed by atoms with E-state index in [1.54, 1.807) is 4.90 Å². The van der Waals surface area contributed by atoms with Crippen LogP contribution in [-0.2, 0) is 17.8 Å². The van der Waals surface area contributed by atoms with Gasteiger partial charge < -0.3 is 0 Å². The van der Waals surface area contributed by atoms with Gasteiger partial charge in [-0.2, -0.15) is 5.10 Å². The van der Waals surface area contributed by atoms with Crippen molar-refractivity contribution in [2.45, 2.75) is 78.8 Å². The standard InChI is InChI=1S/C23H34N6O/c1-14(2)29-17(5)20(16(4)26-29)13-28-11-7-8-18(12-28)22-24-15(3)19-9-10-21(30)27(6)23(19)25-22/h14,18H,7-13H2,1-6H3/t18-/m1/s1. The second-order valence-corrected chi connectivity index (χ2v) is 9.18. The van der Waals surface area contributed by atoms with E-state index in [1.165, 1.54) is 11.3 Å². The minimum Gasteiger partial charge on any atom is -0.300 e. The summed E-state index contributed by atoms with van der Waals surface area (Å²) in [6.45, 7) is 13.7. The highest BCUT2D eigenvalue weighted by Gasteiger charge is 2.29. The maximum absolute atomic E-state index is 12.2. The van der Waals surface area contributed by atoms with Gasteiger partial charge in [0.2, 0.25) is 5.91 Å². The molecule has 2 aliphatic heterocycles. The highest BCUT2D eigenvalue weighted by Crippen LogP contribution is 2.32. The Morgan fingerprint density at radius 2 is 1.87 bits per heavy atom. The van der Waals surface area contributed by atoms with Crippen molar-refractivity contribution in [2.75, 3.05) is 25.0 Å². The minimum atomic E-state index is 0.143. The Labute approximate surface area is 179 Å². The summed E-state index contributed by atoms with van der Waals surface area (Å²) >= 11 is 0. The molecule has 0 aromatic carbocycles. The zero-order chi connectivity index (χ0) is 21.6. The SMILES string of the molecule is Cc1nc([C@@H]2CCCN(Cc3c(C)nn(C(C)C)c3C)C2)nc2c1CCC(=O)N2C. The fraction of sp³-hybridized carbons (Fsp3) is 0.652. The number of amides is 1. The predicted octanol–water partition coefficient (Wildman–Crippen LogP) is 3.47. The number of rotatable bonds is 4. The highest BCUT2D eigenvalue weighted by molar-refractivity contribution is 5.94. The van der Waals surface area contributed by atoms with Gasteiger partial charge in [-0.1, -0.05) is 0 Å². The molecule has 2 aromatic rings. The lowest BCUT2D eigenvalue weighted by Crippen LogP contribution is -2.36. The number of hydrogen-bond acceptors (Lipinski definition) is 5. The lowest BCUT2D eigenvalue weighted by molar-refractivity contribution is -0.118. The van der Waals surface area contributed by atoms with E-state index in [0.29, 0.717) is 18.4 Å². The van der Waals surface area contributed by atoms with Gasteiger partial charge in [-0.05, 0) is 60.4 Å². The molecule has 0 spiro atoms. The van der Waals surface area contributed by atoms with Crippen LogP contribution in [0.3, 0.4) is 0 Å². The molecule has 4 rings (SSSR count). The average Bonchev–Trinajstić information content (AvgIpc) is 2.99. The molecule has 0 saturated carbocycles. The van der Waals surface area contributed by atoms with Gasteiger partial charge in [0.25, 0.3) is 0 Å². The zero-order valence-electron chi connectivity index (χ0n) is 19.2. The third kappa shape index (κ3) is 3.75. The van der Waals surface area contributed by atoms with Crippen LogP contribution in [0.4, 0.5) is 5.82 Å². The number of piperidine rings is 1. The second-order valence-electron chi connectivity index (χ2n) is 9.18. The van der Waals surface area contributed by atoms with Crippen molar-refractivity contribution in [3.8, 4) is 0 Å². The molecule has 0 unspecified atom stereocenters. The van der Waals surface area contributed by atoms with E-state index in [9.17, 15) is 4.79 Å². The van der Waals surface area contributed by atoms with Gasteiger partial charge in [0.15, 0.2) is 0 Å². The number of anilines is 1. The van der Waals surface area contributed by atoms with Crippen LogP contribution < -0.4 is 4.90 Å². The van der Waals surface area contributed by atoms with Gasteiger partial charge >= 0.3 is 0 Å². The van der Waals surface area contributed by atoms with Crippen LogP contribution in [0.2, 0.25) is 0 Å². The largest absolute Gasteiger partial charge is 0.300 e. The summed E-state index contributed by atoms with van der Waals surface area (Å²) in [7, 11) is 1.83. The Hall–Kier alpha value is -2.28. The predicted molar refractivity (Wildman–Crippen MR) is 118 cm³/mol. The molecule has 0 N–H and O–H groups in total. The van der Waals surface area contributed by atoms with Crippen LogP contribution in [0.15, 0.2) is 0 Å². The molecule has 4 heterocycles. The Morgan fingerprint density at radius 3 is 2.57 bits per heavy atom. The molecule has 1 fully saturated rings. The maximum atomic E-state index is 12.2. The molecule has 30 heavy (non-hydrogen) atoms. The first-order valence-corrected chi connectivity index (χ1v) is 11.2. The van der Waals surface area contributed by atoms with E-state index in [0.717, 1.165) is 67.5 Å². The van der Waals surface area contributed by atoms with Crippen molar-refractivity contribution in [1.29, 1.82) is 0 Å². The Kier molecular flexibility index (Phi) is 5.66. The topological polar surface area (TPSA) is 67.2 Å². The van der Waals surface area contributed by atoms with Crippen molar-refractivity contribution >= 4 is 11.7 Å². The molecule has 7 heteroatoms. The van der Waals surface area contributed by atoms with Gasteiger partial charge in [-0.3, -0.25) is 19.3 Å². The first kappa shape index (κ1) is 21.0. The summed E-state index contributed by atoms with van der Waals surface area (Å²) in [5, 5.41) is 4.76. The minimum absolute atomic E-state index is 0.143. The summed E-state index contributed by atoms with van der Waals surface area (Å²) in [6.07, 6.45) is 3.53. The quantitative estimate of drug-likeness (QED) is 0.772. The fourth-order valence-electron chi connectivity index (χ4n) is 4.93. The number of likely N-dealkylation sites (tertiary alicyclic amines) is 1. The van der Waals surface area contributed by atoms with Crippen molar-refractivity contribution < 1.29 is 4.79 Å². The molecule has 0 bridgehead atoms. The van der Waals surface area contributed by atoms with Crippen LogP contribution in [0, 0.1) is 20.8 Å². The fourth-order valence-corrected chi connectivity index (χ4v) is 4.93. The molecule has 0 radical (unpaired) electrons. The molecule has 7 nitrogen and oxygen atoms in total. The highest BCUT2D eigenvalue weighted by atomic mass is 16.2. The first-order chi connectivity index (χ1) is 14.3. The van der Waals surface area contributed by atoms with E-state index >= 15 is 0 Å². The molecule has 162 valence electrons. The maximum Gasteiger partial charge on any atom is 0.228 e. The summed E-state index contributed by atoms with van der Waals surface area (Å²) < 4.78 is 2.13. The Bertz CT molecular complexity index is 963. The van der Waals surface area contributed by atoms with Crippen LogP contribution in [0.5, 0.6) is 0 Å². The van der Waals surface area contributed by atoms with Crippen LogP contribution in [-0.4, -0.2) is 50.7 Å². The number of fused-ring (bicyclic) bond motifs is 1. The van der Waals surface area contributed by atoms with Gasteiger partial charge in [0, 0.05) is 61.0 Å². The van der Waals surface area contributed by atoms with E-state index in [4.69, 9.17) is 15.1 Å².